The molecule has 1 aromatic heterocycles. The van der Waals surface area contributed by atoms with E-state index in [1.54, 1.807) is 0 Å². The average Bonchev–Trinajstić information content (AvgIpc) is 2.78. The van der Waals surface area contributed by atoms with Crippen LogP contribution in [0.15, 0.2) is 24.3 Å². The number of hydrogen-bond acceptors (Lipinski definition) is 5. The van der Waals surface area contributed by atoms with Crippen LogP contribution in [-0.4, -0.2) is 47.3 Å². The fraction of sp³-hybridized carbons (Fsp3) is 0.480. The van der Waals surface area contributed by atoms with Crippen molar-refractivity contribution in [3.63, 3.8) is 0 Å². The molecule has 188 valence electrons. The fourth-order valence-corrected chi connectivity index (χ4v) is 5.14. The Kier molecular flexibility index (Phi) is 8.46. The van der Waals surface area contributed by atoms with E-state index in [-0.39, 0.29) is 34.7 Å². The zero-order valence-electron chi connectivity index (χ0n) is 19.2. The van der Waals surface area contributed by atoms with E-state index in [0.29, 0.717) is 5.92 Å². The summed E-state index contributed by atoms with van der Waals surface area (Å²) < 4.78 is 19.2. The summed E-state index contributed by atoms with van der Waals surface area (Å²) in [6.45, 7) is 1.17. The Balaban J connectivity index is 1.18. The molecule has 0 spiro atoms. The zero-order chi connectivity index (χ0) is 24.9. The molecule has 1 aliphatic carbocycles. The first-order valence-electron chi connectivity index (χ1n) is 11.8. The van der Waals surface area contributed by atoms with Crippen molar-refractivity contribution in [1.82, 2.24) is 10.3 Å². The summed E-state index contributed by atoms with van der Waals surface area (Å²) in [7, 11) is 0. The van der Waals surface area contributed by atoms with E-state index in [4.69, 9.17) is 32.9 Å². The number of anilines is 1. The second-order valence-corrected chi connectivity index (χ2v) is 9.92. The Morgan fingerprint density at radius 3 is 2.71 bits per heavy atom. The van der Waals surface area contributed by atoms with E-state index < -0.39 is 23.7 Å². The number of carbonyl (C=O) groups is 2. The first kappa shape index (κ1) is 25.7. The van der Waals surface area contributed by atoms with Crippen LogP contribution in [0.3, 0.4) is 0 Å². The van der Waals surface area contributed by atoms with Gasteiger partial charge in [0.25, 0.3) is 5.91 Å². The van der Waals surface area contributed by atoms with Crippen LogP contribution < -0.4 is 10.6 Å². The van der Waals surface area contributed by atoms with Gasteiger partial charge in [-0.3, -0.25) is 4.79 Å². The molecule has 1 aromatic carbocycles. The molecule has 0 unspecified atom stereocenters. The van der Waals surface area contributed by atoms with Gasteiger partial charge >= 0.3 is 5.97 Å². The number of benzene rings is 1. The van der Waals surface area contributed by atoms with Crippen LogP contribution >= 0.6 is 23.2 Å². The molecule has 7 nitrogen and oxygen atoms in total. The highest BCUT2D eigenvalue weighted by Gasteiger charge is 2.30. The maximum absolute atomic E-state index is 13.4. The van der Waals surface area contributed by atoms with Crippen LogP contribution in [0.5, 0.6) is 0 Å². The van der Waals surface area contributed by atoms with Crippen molar-refractivity contribution in [1.29, 1.82) is 0 Å². The smallest absolute Gasteiger partial charge is 0.326 e. The van der Waals surface area contributed by atoms with Gasteiger partial charge in [0.15, 0.2) is 0 Å². The number of ether oxygens (including phenoxy) is 1. The summed E-state index contributed by atoms with van der Waals surface area (Å²) in [5.74, 6) is -1.08. The van der Waals surface area contributed by atoms with Crippen LogP contribution in [-0.2, 0) is 22.4 Å². The fourth-order valence-electron chi connectivity index (χ4n) is 4.51. The molecule has 0 radical (unpaired) electrons. The normalized spacial score (nSPS) is 19.7. The number of pyridine rings is 1. The molecule has 0 bridgehead atoms. The highest BCUT2D eigenvalue weighted by molar-refractivity contribution is 6.39. The summed E-state index contributed by atoms with van der Waals surface area (Å²) in [6, 6.07) is 5.01. The van der Waals surface area contributed by atoms with Crippen LogP contribution in [0.4, 0.5) is 10.2 Å². The number of carbonyl (C=O) groups excluding carboxylic acids is 1. The van der Waals surface area contributed by atoms with Crippen molar-refractivity contribution in [2.75, 3.05) is 18.5 Å². The molecule has 1 aliphatic heterocycles. The third-order valence-electron chi connectivity index (χ3n) is 6.55. The number of halogens is 3. The van der Waals surface area contributed by atoms with Gasteiger partial charge in [-0.05, 0) is 68.2 Å². The minimum Gasteiger partial charge on any atom is -0.480 e. The third kappa shape index (κ3) is 6.63. The molecule has 3 N–H and O–H groups in total. The molecular weight excluding hydrogens is 496 g/mol. The number of hydrogen-bond donors (Lipinski definition) is 3. The van der Waals surface area contributed by atoms with Gasteiger partial charge in [0, 0.05) is 25.3 Å². The van der Waals surface area contributed by atoms with Gasteiger partial charge in [-0.2, -0.15) is 0 Å². The first-order valence-corrected chi connectivity index (χ1v) is 12.6. The molecule has 35 heavy (non-hydrogen) atoms. The van der Waals surface area contributed by atoms with Crippen molar-refractivity contribution in [3.8, 4) is 0 Å². The van der Waals surface area contributed by atoms with Crippen molar-refractivity contribution in [2.45, 2.75) is 57.1 Å². The molecule has 0 saturated heterocycles. The van der Waals surface area contributed by atoms with Crippen molar-refractivity contribution < 1.29 is 23.8 Å². The Bertz CT molecular complexity index is 1070. The molecule has 1 atom stereocenters. The lowest BCUT2D eigenvalue weighted by atomic mass is 9.79. The molecule has 2 aliphatic rings. The number of aryl methyl sites for hydroxylation is 2. The number of nitrogens with zero attached hydrogens (tertiary/aromatic N) is 1. The molecule has 1 fully saturated rings. The Morgan fingerprint density at radius 1 is 1.26 bits per heavy atom. The van der Waals surface area contributed by atoms with Crippen molar-refractivity contribution in [2.24, 2.45) is 5.92 Å². The van der Waals surface area contributed by atoms with E-state index in [0.717, 1.165) is 68.7 Å². The number of fused-ring (bicyclic) bond motifs is 1. The lowest BCUT2D eigenvalue weighted by Gasteiger charge is -2.35. The van der Waals surface area contributed by atoms with Gasteiger partial charge in [-0.25, -0.2) is 14.2 Å². The number of aliphatic carboxylic acids is 1. The highest BCUT2D eigenvalue weighted by Crippen LogP contribution is 2.34. The quantitative estimate of drug-likeness (QED) is 0.410. The summed E-state index contributed by atoms with van der Waals surface area (Å²) in [5.41, 5.74) is 2.23. The third-order valence-corrected chi connectivity index (χ3v) is 7.15. The standard InChI is InChI=1S/C25H28Cl2FN3O4/c26-19-12-16(28)13-20(27)22(19)24(32)31-21(25(33)34)7-9-35-18-10-14(11-18)3-5-17-6-4-15-2-1-8-29-23(15)30-17/h4,6,12-14,18,21H,1-3,5,7-11H2,(H,29,30)(H,31,32)(H,33,34)/t14?,18?,21-/m0/s1. The second-order valence-electron chi connectivity index (χ2n) is 9.11. The summed E-state index contributed by atoms with van der Waals surface area (Å²) in [6.07, 6.45) is 6.22. The maximum Gasteiger partial charge on any atom is 0.326 e. The van der Waals surface area contributed by atoms with Gasteiger partial charge in [-0.1, -0.05) is 29.3 Å². The number of carboxylic acids is 1. The summed E-state index contributed by atoms with van der Waals surface area (Å²) in [4.78, 5) is 28.8. The van der Waals surface area contributed by atoms with Crippen LogP contribution in [0.1, 0.15) is 53.7 Å². The maximum atomic E-state index is 13.4. The molecular formula is C25H28Cl2FN3O4. The number of amides is 1. The second kappa shape index (κ2) is 11.5. The van der Waals surface area contributed by atoms with Gasteiger partial charge in [0.2, 0.25) is 0 Å². The van der Waals surface area contributed by atoms with Crippen LogP contribution in [0.25, 0.3) is 0 Å². The molecule has 2 aromatic rings. The summed E-state index contributed by atoms with van der Waals surface area (Å²) >= 11 is 11.8. The Labute approximate surface area is 213 Å². The molecule has 2 heterocycles. The van der Waals surface area contributed by atoms with Crippen molar-refractivity contribution in [3.05, 3.63) is 56.9 Å². The first-order chi connectivity index (χ1) is 16.8. The van der Waals surface area contributed by atoms with Gasteiger partial charge < -0.3 is 20.5 Å². The predicted molar refractivity (Wildman–Crippen MR) is 132 cm³/mol. The summed E-state index contributed by atoms with van der Waals surface area (Å²) in [5, 5.41) is 14.9. The number of rotatable bonds is 10. The topological polar surface area (TPSA) is 101 Å². The Hall–Kier alpha value is -2.42. The monoisotopic (exact) mass is 523 g/mol. The minimum atomic E-state index is -1.20. The van der Waals surface area contributed by atoms with Crippen LogP contribution in [0, 0.1) is 11.7 Å². The van der Waals surface area contributed by atoms with E-state index in [1.165, 1.54) is 5.56 Å². The van der Waals surface area contributed by atoms with Gasteiger partial charge in [0.1, 0.15) is 17.7 Å². The van der Waals surface area contributed by atoms with E-state index >= 15 is 0 Å². The van der Waals surface area contributed by atoms with Gasteiger partial charge in [-0.15, -0.1) is 0 Å². The van der Waals surface area contributed by atoms with E-state index in [1.807, 2.05) is 0 Å². The highest BCUT2D eigenvalue weighted by atomic mass is 35.5. The molecule has 1 amide bonds. The molecule has 10 heteroatoms. The van der Waals surface area contributed by atoms with Crippen LogP contribution in [0.2, 0.25) is 10.0 Å². The molecule has 4 rings (SSSR count). The lowest BCUT2D eigenvalue weighted by Crippen LogP contribution is -2.42. The average molecular weight is 524 g/mol. The van der Waals surface area contributed by atoms with E-state index in [9.17, 15) is 19.1 Å². The van der Waals surface area contributed by atoms with Gasteiger partial charge in [0.05, 0.1) is 21.7 Å². The largest absolute Gasteiger partial charge is 0.480 e. The lowest BCUT2D eigenvalue weighted by molar-refractivity contribution is -0.140. The Morgan fingerprint density at radius 2 is 2.00 bits per heavy atom. The molecule has 1 saturated carbocycles. The SMILES string of the molecule is O=C(N[C@@H](CCOC1CC(CCc2ccc3c(n2)NCCC3)C1)C(=O)O)c1c(Cl)cc(F)cc1Cl. The number of aromatic nitrogens is 1. The van der Waals surface area contributed by atoms with E-state index in [2.05, 4.69) is 22.8 Å². The van der Waals surface area contributed by atoms with Crippen molar-refractivity contribution >= 4 is 40.9 Å². The number of nitrogens with one attached hydrogen (secondary N) is 2. The number of carboxylic acid groups (broad SMARTS) is 1. The zero-order valence-corrected chi connectivity index (χ0v) is 20.7. The predicted octanol–water partition coefficient (Wildman–Crippen LogP) is 4.89. The minimum absolute atomic E-state index is 0.0873.